The van der Waals surface area contributed by atoms with Crippen LogP contribution in [0.25, 0.3) is 0 Å². The van der Waals surface area contributed by atoms with Crippen molar-refractivity contribution in [2.24, 2.45) is 5.73 Å². The monoisotopic (exact) mass is 347 g/mol. The second-order valence-electron chi connectivity index (χ2n) is 4.47. The van der Waals surface area contributed by atoms with Gasteiger partial charge in [0.1, 0.15) is 6.10 Å². The average molecular weight is 348 g/mol. The van der Waals surface area contributed by atoms with Crippen molar-refractivity contribution in [1.82, 2.24) is 0 Å². The minimum absolute atomic E-state index is 0.0502. The summed E-state index contributed by atoms with van der Waals surface area (Å²) < 4.78 is 5.96. The molecule has 0 spiro atoms. The molecule has 21 heavy (non-hydrogen) atoms. The number of amides is 1. The first-order valence-electron chi connectivity index (χ1n) is 6.36. The van der Waals surface area contributed by atoms with E-state index < -0.39 is 12.2 Å². The highest BCUT2D eigenvalue weighted by Crippen LogP contribution is 2.23. The van der Waals surface area contributed by atoms with Crippen molar-refractivity contribution in [3.63, 3.8) is 0 Å². The minimum Gasteiger partial charge on any atom is -0.441 e. The number of rotatable bonds is 5. The maximum Gasteiger partial charge on any atom is 0.405 e. The normalized spacial score (nSPS) is 11.7. The lowest BCUT2D eigenvalue weighted by Gasteiger charge is -2.16. The van der Waals surface area contributed by atoms with Crippen molar-refractivity contribution in [2.75, 3.05) is 0 Å². The van der Waals surface area contributed by atoms with Crippen molar-refractivity contribution in [3.05, 3.63) is 70.2 Å². The molecule has 0 fully saturated rings. The summed E-state index contributed by atoms with van der Waals surface area (Å²) in [4.78, 5) is 23.3. The summed E-state index contributed by atoms with van der Waals surface area (Å²) in [6.07, 6.45) is -1.53. The van der Waals surface area contributed by atoms with Crippen LogP contribution in [0.5, 0.6) is 0 Å². The Balaban J connectivity index is 2.17. The number of Topliss-reactive ketones (excluding diaryl/α,β-unsaturated/α-hetero) is 1. The van der Waals surface area contributed by atoms with E-state index in [9.17, 15) is 9.59 Å². The molecule has 0 saturated carbocycles. The minimum atomic E-state index is -0.896. The fraction of sp³-hybridized carbons (Fsp3) is 0.125. The summed E-state index contributed by atoms with van der Waals surface area (Å²) in [5.41, 5.74) is 6.39. The number of primary amides is 1. The lowest BCUT2D eigenvalue weighted by Crippen LogP contribution is -2.19. The fourth-order valence-corrected chi connectivity index (χ4v) is 2.22. The first-order valence-corrected chi connectivity index (χ1v) is 7.15. The fourth-order valence-electron chi connectivity index (χ4n) is 1.96. The van der Waals surface area contributed by atoms with E-state index in [1.54, 1.807) is 36.4 Å². The van der Waals surface area contributed by atoms with Gasteiger partial charge in [0.15, 0.2) is 5.78 Å². The number of ketones is 1. The van der Waals surface area contributed by atoms with Gasteiger partial charge in [0, 0.05) is 10.0 Å². The molecule has 1 atom stereocenters. The number of halogens is 1. The smallest absolute Gasteiger partial charge is 0.405 e. The van der Waals surface area contributed by atoms with Gasteiger partial charge < -0.3 is 10.5 Å². The third-order valence-corrected chi connectivity index (χ3v) is 3.50. The number of ether oxygens (including phenoxy) is 1. The van der Waals surface area contributed by atoms with Gasteiger partial charge in [-0.25, -0.2) is 4.79 Å². The van der Waals surface area contributed by atoms with Crippen LogP contribution in [0.15, 0.2) is 59.1 Å². The molecule has 4 nitrogen and oxygen atoms in total. The number of carbonyl (C=O) groups is 2. The molecule has 2 rings (SSSR count). The molecule has 0 aliphatic heterocycles. The standard InChI is InChI=1S/C16H14BrNO3/c17-13-8-6-11(7-9-13)14(19)10-15(21-16(18)20)12-4-2-1-3-5-12/h1-9,15H,10H2,(H2,18,20). The zero-order valence-electron chi connectivity index (χ0n) is 11.2. The van der Waals surface area contributed by atoms with E-state index in [0.717, 1.165) is 10.0 Å². The van der Waals surface area contributed by atoms with Crippen LogP contribution in [0, 0.1) is 0 Å². The van der Waals surface area contributed by atoms with Gasteiger partial charge in [0.2, 0.25) is 0 Å². The number of hydrogen-bond donors (Lipinski definition) is 1. The summed E-state index contributed by atoms with van der Waals surface area (Å²) in [5, 5.41) is 0. The Morgan fingerprint density at radius 3 is 2.24 bits per heavy atom. The van der Waals surface area contributed by atoms with Crippen LogP contribution in [-0.2, 0) is 4.74 Å². The van der Waals surface area contributed by atoms with Gasteiger partial charge in [-0.05, 0) is 17.7 Å². The predicted octanol–water partition coefficient (Wildman–Crippen LogP) is 3.86. The zero-order chi connectivity index (χ0) is 15.2. The molecule has 2 N–H and O–H groups in total. The van der Waals surface area contributed by atoms with Crippen molar-refractivity contribution < 1.29 is 14.3 Å². The van der Waals surface area contributed by atoms with Crippen molar-refractivity contribution in [1.29, 1.82) is 0 Å². The van der Waals surface area contributed by atoms with Crippen molar-refractivity contribution >= 4 is 27.8 Å². The lowest BCUT2D eigenvalue weighted by molar-refractivity contribution is 0.0790. The Labute approximate surface area is 131 Å². The average Bonchev–Trinajstić information content (AvgIpc) is 2.47. The Hall–Kier alpha value is -2.14. The number of benzene rings is 2. The van der Waals surface area contributed by atoms with E-state index >= 15 is 0 Å². The Kier molecular flexibility index (Phi) is 5.11. The van der Waals surface area contributed by atoms with Crippen LogP contribution in [0.3, 0.4) is 0 Å². The van der Waals surface area contributed by atoms with Gasteiger partial charge in [-0.2, -0.15) is 0 Å². The van der Waals surface area contributed by atoms with E-state index in [1.165, 1.54) is 0 Å². The largest absolute Gasteiger partial charge is 0.441 e. The lowest BCUT2D eigenvalue weighted by atomic mass is 10.00. The third-order valence-electron chi connectivity index (χ3n) is 2.97. The van der Waals surface area contributed by atoms with E-state index in [0.29, 0.717) is 5.56 Å². The first-order chi connectivity index (χ1) is 10.1. The molecular formula is C16H14BrNO3. The maximum absolute atomic E-state index is 12.3. The summed E-state index contributed by atoms with van der Waals surface area (Å²) in [7, 11) is 0. The SMILES string of the molecule is NC(=O)OC(CC(=O)c1ccc(Br)cc1)c1ccccc1. The maximum atomic E-state index is 12.3. The van der Waals surface area contributed by atoms with Gasteiger partial charge in [0.25, 0.3) is 0 Å². The summed E-state index contributed by atoms with van der Waals surface area (Å²) >= 11 is 3.32. The first kappa shape index (κ1) is 15.3. The topological polar surface area (TPSA) is 69.4 Å². The highest BCUT2D eigenvalue weighted by Gasteiger charge is 2.20. The zero-order valence-corrected chi connectivity index (χ0v) is 12.7. The predicted molar refractivity (Wildman–Crippen MR) is 82.9 cm³/mol. The highest BCUT2D eigenvalue weighted by molar-refractivity contribution is 9.10. The van der Waals surface area contributed by atoms with Crippen molar-refractivity contribution in [3.8, 4) is 0 Å². The van der Waals surface area contributed by atoms with Crippen molar-refractivity contribution in [2.45, 2.75) is 12.5 Å². The van der Waals surface area contributed by atoms with E-state index in [2.05, 4.69) is 15.9 Å². The summed E-state index contributed by atoms with van der Waals surface area (Å²) in [5.74, 6) is -0.113. The Morgan fingerprint density at radius 2 is 1.67 bits per heavy atom. The quantitative estimate of drug-likeness (QED) is 0.835. The van der Waals surface area contributed by atoms with Crippen LogP contribution >= 0.6 is 15.9 Å². The number of nitrogens with two attached hydrogens (primary N) is 1. The van der Waals surface area contributed by atoms with Gasteiger partial charge >= 0.3 is 6.09 Å². The molecule has 2 aromatic rings. The second kappa shape index (κ2) is 7.04. The Morgan fingerprint density at radius 1 is 1.05 bits per heavy atom. The van der Waals surface area contributed by atoms with Gasteiger partial charge in [-0.15, -0.1) is 0 Å². The molecule has 0 bridgehead atoms. The Bertz CT molecular complexity index is 626. The molecule has 108 valence electrons. The van der Waals surface area contributed by atoms with Crippen LogP contribution < -0.4 is 5.73 Å². The van der Waals surface area contributed by atoms with E-state index in [-0.39, 0.29) is 12.2 Å². The molecular weight excluding hydrogens is 334 g/mol. The van der Waals surface area contributed by atoms with Crippen LogP contribution in [0.4, 0.5) is 4.79 Å². The molecule has 0 saturated heterocycles. The van der Waals surface area contributed by atoms with Crippen LogP contribution in [-0.4, -0.2) is 11.9 Å². The third kappa shape index (κ3) is 4.43. The second-order valence-corrected chi connectivity index (χ2v) is 5.39. The molecule has 0 aliphatic carbocycles. The molecule has 2 aromatic carbocycles. The van der Waals surface area contributed by atoms with Crippen LogP contribution in [0.2, 0.25) is 0 Å². The molecule has 1 unspecified atom stereocenters. The molecule has 0 radical (unpaired) electrons. The van der Waals surface area contributed by atoms with Gasteiger partial charge in [-0.3, -0.25) is 4.79 Å². The van der Waals surface area contributed by atoms with Crippen LogP contribution in [0.1, 0.15) is 28.4 Å². The van der Waals surface area contributed by atoms with Gasteiger partial charge in [-0.1, -0.05) is 58.4 Å². The highest BCUT2D eigenvalue weighted by atomic mass is 79.9. The molecule has 0 aliphatic rings. The van der Waals surface area contributed by atoms with E-state index in [4.69, 9.17) is 10.5 Å². The summed E-state index contributed by atoms with van der Waals surface area (Å²) in [6.45, 7) is 0. The van der Waals surface area contributed by atoms with Gasteiger partial charge in [0.05, 0.1) is 6.42 Å². The van der Waals surface area contributed by atoms with E-state index in [1.807, 2.05) is 18.2 Å². The molecule has 0 aromatic heterocycles. The molecule has 5 heteroatoms. The number of hydrogen-bond acceptors (Lipinski definition) is 3. The number of carbonyl (C=O) groups excluding carboxylic acids is 2. The molecule has 0 heterocycles. The molecule has 1 amide bonds. The summed E-state index contributed by atoms with van der Waals surface area (Å²) in [6, 6.07) is 16.1.